The van der Waals surface area contributed by atoms with Crippen molar-refractivity contribution in [2.75, 3.05) is 13.2 Å². The van der Waals surface area contributed by atoms with Gasteiger partial charge >= 0.3 is 0 Å². The van der Waals surface area contributed by atoms with Crippen molar-refractivity contribution in [1.29, 1.82) is 0 Å². The Morgan fingerprint density at radius 1 is 1.35 bits per heavy atom. The highest BCUT2D eigenvalue weighted by atomic mass is 16.5. The summed E-state index contributed by atoms with van der Waals surface area (Å²) in [4.78, 5) is 11.5. The highest BCUT2D eigenvalue weighted by Gasteiger charge is 2.23. The van der Waals surface area contributed by atoms with Gasteiger partial charge in [-0.25, -0.2) is 0 Å². The first-order chi connectivity index (χ1) is 9.69. The molecule has 0 radical (unpaired) electrons. The summed E-state index contributed by atoms with van der Waals surface area (Å²) < 4.78 is 5.48. The Morgan fingerprint density at radius 2 is 2.05 bits per heavy atom. The van der Waals surface area contributed by atoms with Crippen LogP contribution in [0.2, 0.25) is 0 Å². The van der Waals surface area contributed by atoms with E-state index in [1.54, 1.807) is 0 Å². The van der Waals surface area contributed by atoms with Gasteiger partial charge in [-0.05, 0) is 50.4 Å². The molecule has 1 saturated carbocycles. The molecular formula is C16H24N2O2. The quantitative estimate of drug-likeness (QED) is 0.766. The summed E-state index contributed by atoms with van der Waals surface area (Å²) in [6.07, 6.45) is 3.33. The minimum absolute atomic E-state index is 0.0328. The second kappa shape index (κ2) is 7.29. The molecule has 2 N–H and O–H groups in total. The largest absolute Gasteiger partial charge is 0.484 e. The van der Waals surface area contributed by atoms with E-state index in [9.17, 15) is 4.79 Å². The molecule has 20 heavy (non-hydrogen) atoms. The van der Waals surface area contributed by atoms with Crippen LogP contribution in [0.3, 0.4) is 0 Å². The van der Waals surface area contributed by atoms with Gasteiger partial charge in [-0.2, -0.15) is 0 Å². The standard InChI is InChI=1S/C16H24N2O2/c1-3-10-17-12(2)13-4-8-15(9-5-13)20-11-16(19)18-14-6-7-14/h4-5,8-9,12,14,17H,3,6-7,10-11H2,1-2H3,(H,18,19). The smallest absolute Gasteiger partial charge is 0.258 e. The maximum absolute atomic E-state index is 11.5. The minimum Gasteiger partial charge on any atom is -0.484 e. The summed E-state index contributed by atoms with van der Waals surface area (Å²) in [5, 5.41) is 6.34. The van der Waals surface area contributed by atoms with Gasteiger partial charge in [0.25, 0.3) is 5.91 Å². The number of amides is 1. The third kappa shape index (κ3) is 4.85. The molecule has 1 amide bonds. The number of hydrogen-bond acceptors (Lipinski definition) is 3. The SMILES string of the molecule is CCCNC(C)c1ccc(OCC(=O)NC2CC2)cc1. The number of hydrogen-bond donors (Lipinski definition) is 2. The highest BCUT2D eigenvalue weighted by Crippen LogP contribution is 2.19. The molecule has 1 unspecified atom stereocenters. The van der Waals surface area contributed by atoms with E-state index in [2.05, 4.69) is 24.5 Å². The first kappa shape index (κ1) is 14.9. The number of benzene rings is 1. The maximum atomic E-state index is 11.5. The number of ether oxygens (including phenoxy) is 1. The zero-order valence-electron chi connectivity index (χ0n) is 12.3. The van der Waals surface area contributed by atoms with Crippen LogP contribution < -0.4 is 15.4 Å². The van der Waals surface area contributed by atoms with Crippen molar-refractivity contribution in [3.05, 3.63) is 29.8 Å². The Bertz CT molecular complexity index is 427. The fourth-order valence-electron chi connectivity index (χ4n) is 1.98. The van der Waals surface area contributed by atoms with Crippen LogP contribution in [-0.4, -0.2) is 25.1 Å². The zero-order valence-corrected chi connectivity index (χ0v) is 12.3. The Labute approximate surface area is 120 Å². The molecule has 0 spiro atoms. The molecule has 0 bridgehead atoms. The fraction of sp³-hybridized carbons (Fsp3) is 0.562. The Hall–Kier alpha value is -1.55. The van der Waals surface area contributed by atoms with Crippen molar-refractivity contribution < 1.29 is 9.53 Å². The molecule has 4 heteroatoms. The molecule has 0 aromatic heterocycles. The lowest BCUT2D eigenvalue weighted by Gasteiger charge is -2.14. The molecule has 1 aliphatic rings. The second-order valence-electron chi connectivity index (χ2n) is 5.38. The maximum Gasteiger partial charge on any atom is 0.258 e. The van der Waals surface area contributed by atoms with Gasteiger partial charge in [-0.3, -0.25) is 4.79 Å². The van der Waals surface area contributed by atoms with Crippen LogP contribution in [0.4, 0.5) is 0 Å². The lowest BCUT2D eigenvalue weighted by Crippen LogP contribution is -2.30. The number of carbonyl (C=O) groups is 1. The van der Waals surface area contributed by atoms with Crippen molar-refractivity contribution in [1.82, 2.24) is 10.6 Å². The summed E-state index contributed by atoms with van der Waals surface area (Å²) in [6, 6.07) is 8.65. The second-order valence-corrected chi connectivity index (χ2v) is 5.38. The van der Waals surface area contributed by atoms with E-state index in [1.165, 1.54) is 5.56 Å². The topological polar surface area (TPSA) is 50.4 Å². The highest BCUT2D eigenvalue weighted by molar-refractivity contribution is 5.78. The van der Waals surface area contributed by atoms with Crippen LogP contribution in [0.1, 0.15) is 44.7 Å². The Kier molecular flexibility index (Phi) is 5.41. The van der Waals surface area contributed by atoms with Crippen LogP contribution in [0.15, 0.2) is 24.3 Å². The monoisotopic (exact) mass is 276 g/mol. The average Bonchev–Trinajstić information content (AvgIpc) is 3.27. The predicted molar refractivity (Wildman–Crippen MR) is 79.8 cm³/mol. The van der Waals surface area contributed by atoms with Crippen LogP contribution >= 0.6 is 0 Å². The van der Waals surface area contributed by atoms with Crippen molar-refractivity contribution in [3.8, 4) is 5.75 Å². The first-order valence-corrected chi connectivity index (χ1v) is 7.44. The predicted octanol–water partition coefficient (Wildman–Crippen LogP) is 2.40. The molecule has 0 heterocycles. The van der Waals surface area contributed by atoms with Gasteiger partial charge in [-0.1, -0.05) is 19.1 Å². The molecule has 1 aliphatic carbocycles. The van der Waals surface area contributed by atoms with Crippen molar-refractivity contribution in [2.24, 2.45) is 0 Å². The molecule has 2 rings (SSSR count). The number of rotatable bonds is 8. The minimum atomic E-state index is -0.0328. The molecule has 1 aromatic rings. The summed E-state index contributed by atoms with van der Waals surface area (Å²) in [5.74, 6) is 0.706. The summed E-state index contributed by atoms with van der Waals surface area (Å²) in [5.41, 5.74) is 1.23. The van der Waals surface area contributed by atoms with Gasteiger partial charge in [0.05, 0.1) is 0 Å². The van der Waals surface area contributed by atoms with Gasteiger partial charge in [0.1, 0.15) is 5.75 Å². The van der Waals surface area contributed by atoms with Gasteiger partial charge in [0.2, 0.25) is 0 Å². The molecule has 1 atom stereocenters. The van der Waals surface area contributed by atoms with Gasteiger partial charge in [0.15, 0.2) is 6.61 Å². The summed E-state index contributed by atoms with van der Waals surface area (Å²) in [7, 11) is 0. The molecular weight excluding hydrogens is 252 g/mol. The van der Waals surface area contributed by atoms with E-state index in [0.29, 0.717) is 12.1 Å². The third-order valence-electron chi connectivity index (χ3n) is 3.39. The van der Waals surface area contributed by atoms with E-state index in [0.717, 1.165) is 31.6 Å². The first-order valence-electron chi connectivity index (χ1n) is 7.44. The van der Waals surface area contributed by atoms with Gasteiger partial charge in [0, 0.05) is 12.1 Å². The van der Waals surface area contributed by atoms with E-state index in [1.807, 2.05) is 24.3 Å². The van der Waals surface area contributed by atoms with Crippen LogP contribution in [0.25, 0.3) is 0 Å². The lowest BCUT2D eigenvalue weighted by molar-refractivity contribution is -0.123. The van der Waals surface area contributed by atoms with Crippen molar-refractivity contribution in [3.63, 3.8) is 0 Å². The van der Waals surface area contributed by atoms with Gasteiger partial charge < -0.3 is 15.4 Å². The van der Waals surface area contributed by atoms with E-state index in [4.69, 9.17) is 4.74 Å². The molecule has 110 valence electrons. The molecule has 1 fully saturated rings. The number of carbonyl (C=O) groups excluding carboxylic acids is 1. The van der Waals surface area contributed by atoms with Crippen LogP contribution in [0, 0.1) is 0 Å². The molecule has 0 aliphatic heterocycles. The normalized spacial score (nSPS) is 15.7. The van der Waals surface area contributed by atoms with E-state index >= 15 is 0 Å². The van der Waals surface area contributed by atoms with E-state index < -0.39 is 0 Å². The third-order valence-corrected chi connectivity index (χ3v) is 3.39. The van der Waals surface area contributed by atoms with Crippen molar-refractivity contribution >= 4 is 5.91 Å². The van der Waals surface area contributed by atoms with Crippen molar-refractivity contribution in [2.45, 2.75) is 45.2 Å². The Balaban J connectivity index is 1.76. The van der Waals surface area contributed by atoms with Crippen LogP contribution in [0.5, 0.6) is 5.75 Å². The zero-order chi connectivity index (χ0) is 14.4. The van der Waals surface area contributed by atoms with E-state index in [-0.39, 0.29) is 12.5 Å². The Morgan fingerprint density at radius 3 is 2.65 bits per heavy atom. The fourth-order valence-corrected chi connectivity index (χ4v) is 1.98. The molecule has 4 nitrogen and oxygen atoms in total. The summed E-state index contributed by atoms with van der Waals surface area (Å²) in [6.45, 7) is 5.41. The molecule has 1 aromatic carbocycles. The summed E-state index contributed by atoms with van der Waals surface area (Å²) >= 11 is 0. The van der Waals surface area contributed by atoms with Gasteiger partial charge in [-0.15, -0.1) is 0 Å². The van der Waals surface area contributed by atoms with Crippen LogP contribution in [-0.2, 0) is 4.79 Å². The lowest BCUT2D eigenvalue weighted by atomic mass is 10.1. The molecule has 0 saturated heterocycles. The number of nitrogens with one attached hydrogen (secondary N) is 2. The average molecular weight is 276 g/mol.